The van der Waals surface area contributed by atoms with Crippen LogP contribution in [0.25, 0.3) is 0 Å². The van der Waals surface area contributed by atoms with Crippen LogP contribution in [0.1, 0.15) is 34.7 Å². The largest absolute Gasteiger partial charge is 0.392 e. The highest BCUT2D eigenvalue weighted by molar-refractivity contribution is 7.09. The Morgan fingerprint density at radius 3 is 2.83 bits per heavy atom. The van der Waals surface area contributed by atoms with E-state index in [-0.39, 0.29) is 17.4 Å². The van der Waals surface area contributed by atoms with Crippen LogP contribution in [0.2, 0.25) is 0 Å². The topological polar surface area (TPSA) is 53.4 Å². The van der Waals surface area contributed by atoms with Gasteiger partial charge in [-0.15, -0.1) is 11.3 Å². The minimum absolute atomic E-state index is 0.149. The minimum Gasteiger partial charge on any atom is -0.392 e. The summed E-state index contributed by atoms with van der Waals surface area (Å²) in [5.74, 6) is 0.149. The number of thiazole rings is 1. The van der Waals surface area contributed by atoms with E-state index in [0.717, 1.165) is 30.0 Å². The molecule has 24 heavy (non-hydrogen) atoms. The van der Waals surface area contributed by atoms with Crippen molar-refractivity contribution < 1.29 is 9.90 Å². The molecule has 0 radical (unpaired) electrons. The molecule has 1 fully saturated rings. The van der Waals surface area contributed by atoms with Crippen LogP contribution in [0.3, 0.4) is 0 Å². The Morgan fingerprint density at radius 1 is 1.38 bits per heavy atom. The standard InChI is InChI=1S/C19H22N2O2S/c1-13-20-15(12-24-13)11-18(23)21-8-6-19(7-9-21)16-5-3-2-4-14(16)10-17(19)22/h2-5,12,17,22H,6-11H2,1H3. The lowest BCUT2D eigenvalue weighted by atomic mass is 9.72. The smallest absolute Gasteiger partial charge is 0.228 e. The molecule has 2 aliphatic rings. The number of aliphatic hydroxyl groups is 1. The summed E-state index contributed by atoms with van der Waals surface area (Å²) < 4.78 is 0. The van der Waals surface area contributed by atoms with Crippen LogP contribution < -0.4 is 0 Å². The zero-order chi connectivity index (χ0) is 16.7. The van der Waals surface area contributed by atoms with Crippen molar-refractivity contribution in [2.45, 2.75) is 44.1 Å². The van der Waals surface area contributed by atoms with Crippen LogP contribution in [-0.2, 0) is 23.1 Å². The Labute approximate surface area is 146 Å². The number of aromatic nitrogens is 1. The van der Waals surface area contributed by atoms with E-state index in [1.54, 1.807) is 11.3 Å². The van der Waals surface area contributed by atoms with Gasteiger partial charge in [-0.2, -0.15) is 0 Å². The molecule has 1 N–H and O–H groups in total. The Kier molecular flexibility index (Phi) is 3.93. The van der Waals surface area contributed by atoms with Crippen LogP contribution in [-0.4, -0.2) is 40.1 Å². The maximum Gasteiger partial charge on any atom is 0.228 e. The molecule has 1 aromatic heterocycles. The zero-order valence-corrected chi connectivity index (χ0v) is 14.7. The van der Waals surface area contributed by atoms with Crippen LogP contribution in [0, 0.1) is 6.92 Å². The van der Waals surface area contributed by atoms with E-state index in [9.17, 15) is 9.90 Å². The zero-order valence-electron chi connectivity index (χ0n) is 13.9. The molecule has 1 amide bonds. The van der Waals surface area contributed by atoms with E-state index < -0.39 is 0 Å². The maximum absolute atomic E-state index is 12.5. The fourth-order valence-electron chi connectivity index (χ4n) is 4.28. The van der Waals surface area contributed by atoms with Crippen molar-refractivity contribution in [2.75, 3.05) is 13.1 Å². The molecular formula is C19H22N2O2S. The van der Waals surface area contributed by atoms with Crippen LogP contribution in [0.4, 0.5) is 0 Å². The van der Waals surface area contributed by atoms with Gasteiger partial charge < -0.3 is 10.0 Å². The summed E-state index contributed by atoms with van der Waals surface area (Å²) in [5.41, 5.74) is 3.27. The summed E-state index contributed by atoms with van der Waals surface area (Å²) in [4.78, 5) is 18.9. The summed E-state index contributed by atoms with van der Waals surface area (Å²) >= 11 is 1.59. The molecule has 5 heteroatoms. The number of amides is 1. The highest BCUT2D eigenvalue weighted by Gasteiger charge is 2.47. The van der Waals surface area contributed by atoms with Crippen molar-refractivity contribution in [3.63, 3.8) is 0 Å². The third-order valence-corrected chi connectivity index (χ3v) is 6.43. The van der Waals surface area contributed by atoms with E-state index in [1.165, 1.54) is 11.1 Å². The number of carbonyl (C=O) groups excluding carboxylic acids is 1. The molecular weight excluding hydrogens is 320 g/mol. The molecule has 1 aromatic carbocycles. The molecule has 0 bridgehead atoms. The van der Waals surface area contributed by atoms with Crippen molar-refractivity contribution in [3.05, 3.63) is 51.5 Å². The Morgan fingerprint density at radius 2 is 2.12 bits per heavy atom. The number of aliphatic hydroxyl groups excluding tert-OH is 1. The number of aryl methyl sites for hydroxylation is 1. The molecule has 4 rings (SSSR count). The van der Waals surface area contributed by atoms with Crippen molar-refractivity contribution in [2.24, 2.45) is 0 Å². The Bertz CT molecular complexity index is 762. The van der Waals surface area contributed by atoms with E-state index in [1.807, 2.05) is 23.3 Å². The number of likely N-dealkylation sites (tertiary alicyclic amines) is 1. The molecule has 1 aliphatic carbocycles. The van der Waals surface area contributed by atoms with Gasteiger partial charge in [0, 0.05) is 23.9 Å². The van der Waals surface area contributed by atoms with Gasteiger partial charge in [-0.1, -0.05) is 24.3 Å². The quantitative estimate of drug-likeness (QED) is 0.912. The summed E-state index contributed by atoms with van der Waals surface area (Å²) in [6, 6.07) is 8.37. The van der Waals surface area contributed by atoms with Crippen LogP contribution in [0.5, 0.6) is 0 Å². The molecule has 2 heterocycles. The van der Waals surface area contributed by atoms with E-state index in [4.69, 9.17) is 0 Å². The van der Waals surface area contributed by atoms with Gasteiger partial charge in [-0.25, -0.2) is 4.98 Å². The Hall–Kier alpha value is -1.72. The summed E-state index contributed by atoms with van der Waals surface area (Å²) in [7, 11) is 0. The molecule has 0 saturated carbocycles. The van der Waals surface area contributed by atoms with Gasteiger partial charge in [-0.3, -0.25) is 4.79 Å². The fraction of sp³-hybridized carbons (Fsp3) is 0.474. The van der Waals surface area contributed by atoms with E-state index in [2.05, 4.69) is 23.2 Å². The molecule has 1 aliphatic heterocycles. The van der Waals surface area contributed by atoms with Gasteiger partial charge in [0.15, 0.2) is 0 Å². The number of benzene rings is 1. The maximum atomic E-state index is 12.5. The average molecular weight is 342 g/mol. The molecule has 1 unspecified atom stereocenters. The highest BCUT2D eigenvalue weighted by atomic mass is 32.1. The molecule has 1 spiro atoms. The second-order valence-corrected chi connectivity index (χ2v) is 8.01. The lowest BCUT2D eigenvalue weighted by Crippen LogP contribution is -2.49. The van der Waals surface area contributed by atoms with Crippen LogP contribution >= 0.6 is 11.3 Å². The predicted molar refractivity (Wildman–Crippen MR) is 94.2 cm³/mol. The lowest BCUT2D eigenvalue weighted by Gasteiger charge is -2.42. The number of fused-ring (bicyclic) bond motifs is 2. The fourth-order valence-corrected chi connectivity index (χ4v) is 4.89. The number of hydrogen-bond donors (Lipinski definition) is 1. The monoisotopic (exact) mass is 342 g/mol. The normalized spacial score (nSPS) is 21.9. The number of rotatable bonds is 2. The minimum atomic E-state index is -0.326. The highest BCUT2D eigenvalue weighted by Crippen LogP contribution is 2.46. The number of piperidine rings is 1. The first-order valence-electron chi connectivity index (χ1n) is 8.54. The second kappa shape index (κ2) is 5.97. The average Bonchev–Trinajstić information content (AvgIpc) is 3.10. The molecule has 1 saturated heterocycles. The van der Waals surface area contributed by atoms with Gasteiger partial charge in [0.25, 0.3) is 0 Å². The SMILES string of the molecule is Cc1nc(CC(=O)N2CCC3(CC2)c2ccccc2CC3O)cs1. The van der Waals surface area contributed by atoms with Gasteiger partial charge in [0.1, 0.15) is 0 Å². The first-order valence-corrected chi connectivity index (χ1v) is 9.42. The lowest BCUT2D eigenvalue weighted by molar-refractivity contribution is -0.132. The van der Waals surface area contributed by atoms with Gasteiger partial charge >= 0.3 is 0 Å². The molecule has 126 valence electrons. The van der Waals surface area contributed by atoms with Gasteiger partial charge in [0.2, 0.25) is 5.91 Å². The number of hydrogen-bond acceptors (Lipinski definition) is 4. The van der Waals surface area contributed by atoms with Crippen molar-refractivity contribution in [3.8, 4) is 0 Å². The third kappa shape index (κ3) is 2.56. The van der Waals surface area contributed by atoms with Crippen molar-refractivity contribution >= 4 is 17.2 Å². The second-order valence-electron chi connectivity index (χ2n) is 6.95. The molecule has 4 nitrogen and oxygen atoms in total. The van der Waals surface area contributed by atoms with Gasteiger partial charge in [0.05, 0.1) is 23.2 Å². The molecule has 2 aromatic rings. The summed E-state index contributed by atoms with van der Waals surface area (Å²) in [6.45, 7) is 3.39. The predicted octanol–water partition coefficient (Wildman–Crippen LogP) is 2.47. The molecule has 1 atom stereocenters. The van der Waals surface area contributed by atoms with E-state index in [0.29, 0.717) is 19.5 Å². The number of nitrogens with zero attached hydrogens (tertiary/aromatic N) is 2. The first-order chi connectivity index (χ1) is 11.6. The van der Waals surface area contributed by atoms with Crippen molar-refractivity contribution in [1.82, 2.24) is 9.88 Å². The van der Waals surface area contributed by atoms with E-state index >= 15 is 0 Å². The Balaban J connectivity index is 1.46. The van der Waals surface area contributed by atoms with Crippen LogP contribution in [0.15, 0.2) is 29.6 Å². The van der Waals surface area contributed by atoms with Crippen molar-refractivity contribution in [1.29, 1.82) is 0 Å². The summed E-state index contributed by atoms with van der Waals surface area (Å²) in [6.07, 6.45) is 2.48. The third-order valence-electron chi connectivity index (χ3n) is 5.61. The van der Waals surface area contributed by atoms with Gasteiger partial charge in [-0.05, 0) is 37.3 Å². The number of carbonyl (C=O) groups is 1. The summed E-state index contributed by atoms with van der Waals surface area (Å²) in [5, 5.41) is 13.6. The first kappa shape index (κ1) is 15.8.